The highest BCUT2D eigenvalue weighted by atomic mass is 16.5. The van der Waals surface area contributed by atoms with Crippen molar-refractivity contribution in [1.82, 2.24) is 9.55 Å². The molecule has 3 rings (SSSR count). The highest BCUT2D eigenvalue weighted by molar-refractivity contribution is 5.98. The first-order chi connectivity index (χ1) is 14.3. The third-order valence-electron chi connectivity index (χ3n) is 4.81. The number of para-hydroxylation sites is 1. The normalized spacial score (nSPS) is 11.0. The molecule has 7 nitrogen and oxygen atoms in total. The van der Waals surface area contributed by atoms with Gasteiger partial charge in [0.05, 0.1) is 16.6 Å². The summed E-state index contributed by atoms with van der Waals surface area (Å²) in [6.45, 7) is 7.45. The highest BCUT2D eigenvalue weighted by Crippen LogP contribution is 2.18. The quantitative estimate of drug-likeness (QED) is 0.586. The van der Waals surface area contributed by atoms with Crippen LogP contribution in [0.15, 0.2) is 53.3 Å². The van der Waals surface area contributed by atoms with E-state index in [0.717, 1.165) is 5.69 Å². The van der Waals surface area contributed by atoms with E-state index < -0.39 is 5.97 Å². The van der Waals surface area contributed by atoms with Crippen LogP contribution in [0.25, 0.3) is 11.0 Å². The van der Waals surface area contributed by atoms with E-state index in [1.165, 1.54) is 0 Å². The Kier molecular flexibility index (Phi) is 6.30. The van der Waals surface area contributed by atoms with Gasteiger partial charge in [0.1, 0.15) is 5.69 Å². The summed E-state index contributed by atoms with van der Waals surface area (Å²) in [7, 11) is 0. The number of ether oxygens (including phenoxy) is 1. The van der Waals surface area contributed by atoms with Crippen molar-refractivity contribution in [2.45, 2.75) is 40.3 Å². The molecule has 156 valence electrons. The van der Waals surface area contributed by atoms with Crippen molar-refractivity contribution in [3.8, 4) is 0 Å². The van der Waals surface area contributed by atoms with Crippen molar-refractivity contribution in [2.24, 2.45) is 0 Å². The Morgan fingerprint density at radius 1 is 1.13 bits per heavy atom. The van der Waals surface area contributed by atoms with Gasteiger partial charge in [-0.1, -0.05) is 18.2 Å². The molecule has 1 aromatic heterocycles. The molecule has 0 aliphatic carbocycles. The number of rotatable bonds is 6. The fourth-order valence-electron chi connectivity index (χ4n) is 3.41. The molecule has 0 bridgehead atoms. The standard InChI is InChI=1S/C23H25N3O4/c1-5-25-20-12-11-17(13-19(20)24-16(4)22(25)28)23(29)30-14-21(27)26(15(2)3)18-9-7-6-8-10-18/h6-13,15H,5,14H2,1-4H3. The van der Waals surface area contributed by atoms with E-state index in [-0.39, 0.29) is 29.7 Å². The first-order valence-corrected chi connectivity index (χ1v) is 9.89. The molecular formula is C23H25N3O4. The molecule has 0 atom stereocenters. The Balaban J connectivity index is 1.79. The van der Waals surface area contributed by atoms with Crippen molar-refractivity contribution in [2.75, 3.05) is 11.5 Å². The molecule has 3 aromatic rings. The van der Waals surface area contributed by atoms with Crippen molar-refractivity contribution >= 4 is 28.6 Å². The molecule has 1 amide bonds. The van der Waals surface area contributed by atoms with Gasteiger partial charge in [0, 0.05) is 18.3 Å². The van der Waals surface area contributed by atoms with Gasteiger partial charge in [0.2, 0.25) is 0 Å². The van der Waals surface area contributed by atoms with Crippen LogP contribution in [0.3, 0.4) is 0 Å². The smallest absolute Gasteiger partial charge is 0.338 e. The van der Waals surface area contributed by atoms with Crippen LogP contribution < -0.4 is 10.5 Å². The molecule has 1 heterocycles. The van der Waals surface area contributed by atoms with Gasteiger partial charge in [0.25, 0.3) is 11.5 Å². The number of carbonyl (C=O) groups is 2. The van der Waals surface area contributed by atoms with Gasteiger partial charge >= 0.3 is 5.97 Å². The van der Waals surface area contributed by atoms with E-state index in [0.29, 0.717) is 23.3 Å². The van der Waals surface area contributed by atoms with Crippen molar-refractivity contribution in [1.29, 1.82) is 0 Å². The number of hydrogen-bond donors (Lipinski definition) is 0. The summed E-state index contributed by atoms with van der Waals surface area (Å²) in [6, 6.07) is 14.0. The summed E-state index contributed by atoms with van der Waals surface area (Å²) in [4.78, 5) is 43.3. The van der Waals surface area contributed by atoms with Gasteiger partial charge in [-0.25, -0.2) is 9.78 Å². The van der Waals surface area contributed by atoms with E-state index >= 15 is 0 Å². The van der Waals surface area contributed by atoms with Gasteiger partial charge in [-0.05, 0) is 58.0 Å². The largest absolute Gasteiger partial charge is 0.452 e. The summed E-state index contributed by atoms with van der Waals surface area (Å²) in [5.74, 6) is -0.921. The predicted octanol–water partition coefficient (Wildman–Crippen LogP) is 3.32. The molecule has 7 heteroatoms. The molecule has 0 N–H and O–H groups in total. The van der Waals surface area contributed by atoms with Crippen LogP contribution in [0.5, 0.6) is 0 Å². The summed E-state index contributed by atoms with van der Waals surface area (Å²) in [5, 5.41) is 0. The van der Waals surface area contributed by atoms with Crippen LogP contribution in [0.1, 0.15) is 36.8 Å². The second-order valence-electron chi connectivity index (χ2n) is 7.22. The van der Waals surface area contributed by atoms with Gasteiger partial charge in [-0.2, -0.15) is 0 Å². The summed E-state index contributed by atoms with van der Waals surface area (Å²) < 4.78 is 6.88. The van der Waals surface area contributed by atoms with Crippen molar-refractivity contribution in [3.63, 3.8) is 0 Å². The second-order valence-corrected chi connectivity index (χ2v) is 7.22. The Morgan fingerprint density at radius 3 is 2.47 bits per heavy atom. The van der Waals surface area contributed by atoms with Gasteiger partial charge in [0.15, 0.2) is 6.61 Å². The van der Waals surface area contributed by atoms with Gasteiger partial charge < -0.3 is 14.2 Å². The lowest BCUT2D eigenvalue weighted by Crippen LogP contribution is -2.39. The summed E-state index contributed by atoms with van der Waals surface area (Å²) >= 11 is 0. The maximum absolute atomic E-state index is 12.7. The minimum absolute atomic E-state index is 0.0859. The van der Waals surface area contributed by atoms with Crippen LogP contribution in [0.2, 0.25) is 0 Å². The zero-order valence-electron chi connectivity index (χ0n) is 17.6. The predicted molar refractivity (Wildman–Crippen MR) is 116 cm³/mol. The lowest BCUT2D eigenvalue weighted by Gasteiger charge is -2.26. The fraction of sp³-hybridized carbons (Fsp3) is 0.304. The molecular weight excluding hydrogens is 382 g/mol. The zero-order valence-corrected chi connectivity index (χ0v) is 17.6. The van der Waals surface area contributed by atoms with Crippen molar-refractivity contribution < 1.29 is 14.3 Å². The monoisotopic (exact) mass is 407 g/mol. The Morgan fingerprint density at radius 2 is 1.83 bits per heavy atom. The number of esters is 1. The van der Waals surface area contributed by atoms with E-state index in [2.05, 4.69) is 4.98 Å². The SMILES string of the molecule is CCn1c(=O)c(C)nc2cc(C(=O)OCC(=O)N(c3ccccc3)C(C)C)ccc21. The molecule has 0 aliphatic heterocycles. The highest BCUT2D eigenvalue weighted by Gasteiger charge is 2.21. The van der Waals surface area contributed by atoms with Gasteiger partial charge in [-0.3, -0.25) is 9.59 Å². The first-order valence-electron chi connectivity index (χ1n) is 9.89. The number of amides is 1. The molecule has 2 aromatic carbocycles. The lowest BCUT2D eigenvalue weighted by molar-refractivity contribution is -0.122. The van der Waals surface area contributed by atoms with Crippen LogP contribution in [0.4, 0.5) is 5.69 Å². The minimum Gasteiger partial charge on any atom is -0.452 e. The third-order valence-corrected chi connectivity index (χ3v) is 4.81. The molecule has 0 radical (unpaired) electrons. The topological polar surface area (TPSA) is 81.5 Å². The van der Waals surface area contributed by atoms with E-state index in [1.54, 1.807) is 34.6 Å². The van der Waals surface area contributed by atoms with E-state index in [4.69, 9.17) is 4.74 Å². The number of carbonyl (C=O) groups excluding carboxylic acids is 2. The number of aromatic nitrogens is 2. The maximum atomic E-state index is 12.7. The number of hydrogen-bond acceptors (Lipinski definition) is 5. The molecule has 0 saturated carbocycles. The molecule has 0 unspecified atom stereocenters. The third kappa shape index (κ3) is 4.25. The average Bonchev–Trinajstić information content (AvgIpc) is 2.73. The molecule has 0 saturated heterocycles. The van der Waals surface area contributed by atoms with E-state index in [1.807, 2.05) is 51.1 Å². The number of fused-ring (bicyclic) bond motifs is 1. The van der Waals surface area contributed by atoms with Crippen LogP contribution in [0, 0.1) is 6.92 Å². The van der Waals surface area contributed by atoms with Crippen LogP contribution in [-0.2, 0) is 16.1 Å². The maximum Gasteiger partial charge on any atom is 0.338 e. The molecule has 30 heavy (non-hydrogen) atoms. The van der Waals surface area contributed by atoms with Crippen molar-refractivity contribution in [3.05, 3.63) is 70.1 Å². The average molecular weight is 407 g/mol. The summed E-state index contributed by atoms with van der Waals surface area (Å²) in [6.07, 6.45) is 0. The molecule has 0 fully saturated rings. The van der Waals surface area contributed by atoms with E-state index in [9.17, 15) is 14.4 Å². The summed E-state index contributed by atoms with van der Waals surface area (Å²) in [5.41, 5.74) is 2.41. The second kappa shape index (κ2) is 8.90. The number of aryl methyl sites for hydroxylation is 2. The molecule has 0 spiro atoms. The van der Waals surface area contributed by atoms with Crippen LogP contribution in [-0.4, -0.2) is 34.1 Å². The molecule has 0 aliphatic rings. The Hall–Kier alpha value is -3.48. The lowest BCUT2D eigenvalue weighted by atomic mass is 10.2. The fourth-order valence-corrected chi connectivity index (χ4v) is 3.41. The Bertz CT molecular complexity index is 1140. The minimum atomic E-state index is -0.615. The first kappa shape index (κ1) is 21.2. The number of benzene rings is 2. The number of nitrogens with zero attached hydrogens (tertiary/aromatic N) is 3. The van der Waals surface area contributed by atoms with Crippen LogP contribution >= 0.6 is 0 Å². The zero-order chi connectivity index (χ0) is 21.8. The Labute approximate surface area is 174 Å². The van der Waals surface area contributed by atoms with Gasteiger partial charge in [-0.15, -0.1) is 0 Å². The number of anilines is 1.